The molecular formula is C21H16N4O2. The maximum absolute atomic E-state index is 12.8. The zero-order valence-corrected chi connectivity index (χ0v) is 14.4. The Labute approximate surface area is 155 Å². The van der Waals surface area contributed by atoms with Gasteiger partial charge in [-0.3, -0.25) is 14.6 Å². The van der Waals surface area contributed by atoms with Gasteiger partial charge in [0.25, 0.3) is 11.5 Å². The highest BCUT2D eigenvalue weighted by Crippen LogP contribution is 2.15. The molecule has 4 rings (SSSR count). The molecule has 0 spiro atoms. The minimum Gasteiger partial charge on any atom is -0.346 e. The quantitative estimate of drug-likeness (QED) is 0.610. The van der Waals surface area contributed by atoms with E-state index in [0.717, 1.165) is 5.56 Å². The first-order valence-corrected chi connectivity index (χ1v) is 8.48. The third kappa shape index (κ3) is 3.32. The van der Waals surface area contributed by atoms with Crippen LogP contribution >= 0.6 is 0 Å². The zero-order chi connectivity index (χ0) is 18.6. The highest BCUT2D eigenvalue weighted by molar-refractivity contribution is 6.04. The van der Waals surface area contributed by atoms with Crippen LogP contribution in [0.3, 0.4) is 0 Å². The van der Waals surface area contributed by atoms with Crippen LogP contribution in [0.2, 0.25) is 0 Å². The standard InChI is InChI=1S/C21H16N4O2/c26-20(23-14-15-7-6-12-22-13-15)19-17-10-4-5-11-18(17)21(27)25(24-19)16-8-2-1-3-9-16/h1-13H,14H2,(H,23,26). The molecule has 0 fully saturated rings. The fourth-order valence-electron chi connectivity index (χ4n) is 2.87. The van der Waals surface area contributed by atoms with Crippen molar-refractivity contribution in [2.45, 2.75) is 6.54 Å². The van der Waals surface area contributed by atoms with Crippen molar-refractivity contribution in [3.8, 4) is 5.69 Å². The van der Waals surface area contributed by atoms with Gasteiger partial charge < -0.3 is 5.32 Å². The third-order valence-electron chi connectivity index (χ3n) is 4.20. The number of carbonyl (C=O) groups is 1. The predicted octanol–water partition coefficient (Wildman–Crippen LogP) is 2.71. The molecule has 1 amide bonds. The molecule has 0 aliphatic carbocycles. The second-order valence-corrected chi connectivity index (χ2v) is 5.99. The molecule has 2 aromatic heterocycles. The van der Waals surface area contributed by atoms with Crippen LogP contribution in [0.15, 0.2) is 83.9 Å². The number of nitrogens with zero attached hydrogens (tertiary/aromatic N) is 3. The summed E-state index contributed by atoms with van der Waals surface area (Å²) in [5, 5.41) is 8.18. The van der Waals surface area contributed by atoms with Crippen LogP contribution in [0.1, 0.15) is 16.1 Å². The van der Waals surface area contributed by atoms with E-state index in [-0.39, 0.29) is 17.2 Å². The summed E-state index contributed by atoms with van der Waals surface area (Å²) in [6, 6.07) is 19.7. The van der Waals surface area contributed by atoms with Crippen LogP contribution in [0, 0.1) is 0 Å². The van der Waals surface area contributed by atoms with Crippen LogP contribution in [0.4, 0.5) is 0 Å². The summed E-state index contributed by atoms with van der Waals surface area (Å²) in [6.45, 7) is 0.327. The molecule has 132 valence electrons. The van der Waals surface area contributed by atoms with Crippen molar-refractivity contribution in [1.82, 2.24) is 20.1 Å². The minimum atomic E-state index is -0.347. The topological polar surface area (TPSA) is 76.9 Å². The number of rotatable bonds is 4. The molecule has 0 aliphatic rings. The molecule has 0 atom stereocenters. The molecule has 6 nitrogen and oxygen atoms in total. The number of aromatic nitrogens is 3. The lowest BCUT2D eigenvalue weighted by atomic mass is 10.1. The Morgan fingerprint density at radius 1 is 0.926 bits per heavy atom. The molecule has 6 heteroatoms. The van der Waals surface area contributed by atoms with Crippen LogP contribution < -0.4 is 10.9 Å². The maximum atomic E-state index is 12.8. The van der Waals surface area contributed by atoms with Crippen molar-refractivity contribution in [1.29, 1.82) is 0 Å². The summed E-state index contributed by atoms with van der Waals surface area (Å²) in [4.78, 5) is 29.7. The van der Waals surface area contributed by atoms with E-state index in [1.165, 1.54) is 4.68 Å². The highest BCUT2D eigenvalue weighted by atomic mass is 16.2. The van der Waals surface area contributed by atoms with Gasteiger partial charge >= 0.3 is 0 Å². The largest absolute Gasteiger partial charge is 0.346 e. The average Bonchev–Trinajstić information content (AvgIpc) is 2.74. The Balaban J connectivity index is 1.78. The third-order valence-corrected chi connectivity index (χ3v) is 4.20. The Kier molecular flexibility index (Phi) is 4.45. The summed E-state index contributed by atoms with van der Waals surface area (Å²) < 4.78 is 1.27. The second-order valence-electron chi connectivity index (χ2n) is 5.99. The SMILES string of the molecule is O=C(NCc1cccnc1)c1nn(-c2ccccc2)c(=O)c2ccccc12. The van der Waals surface area contributed by atoms with Gasteiger partial charge in [0.2, 0.25) is 0 Å². The molecular weight excluding hydrogens is 340 g/mol. The van der Waals surface area contributed by atoms with E-state index in [2.05, 4.69) is 15.4 Å². The summed E-state index contributed by atoms with van der Waals surface area (Å²) in [5.41, 5.74) is 1.43. The molecule has 2 heterocycles. The molecule has 0 saturated heterocycles. The Bertz CT molecular complexity index is 1160. The van der Waals surface area contributed by atoms with Gasteiger partial charge in [0, 0.05) is 24.3 Å². The predicted molar refractivity (Wildman–Crippen MR) is 103 cm³/mol. The van der Waals surface area contributed by atoms with Crippen molar-refractivity contribution in [2.24, 2.45) is 0 Å². The van der Waals surface area contributed by atoms with E-state index in [4.69, 9.17) is 0 Å². The van der Waals surface area contributed by atoms with Crippen LogP contribution in [-0.4, -0.2) is 20.7 Å². The Morgan fingerprint density at radius 3 is 2.41 bits per heavy atom. The number of carbonyl (C=O) groups excluding carboxylic acids is 1. The molecule has 0 radical (unpaired) electrons. The number of hydrogen-bond acceptors (Lipinski definition) is 4. The van der Waals surface area contributed by atoms with Gasteiger partial charge in [-0.05, 0) is 29.8 Å². The van der Waals surface area contributed by atoms with E-state index in [1.54, 1.807) is 48.8 Å². The van der Waals surface area contributed by atoms with Gasteiger partial charge in [0.1, 0.15) is 0 Å². The maximum Gasteiger partial charge on any atom is 0.279 e. The van der Waals surface area contributed by atoms with Crippen molar-refractivity contribution in [2.75, 3.05) is 0 Å². The van der Waals surface area contributed by atoms with E-state index < -0.39 is 0 Å². The van der Waals surface area contributed by atoms with Crippen LogP contribution in [0.25, 0.3) is 16.5 Å². The zero-order valence-electron chi connectivity index (χ0n) is 14.4. The first kappa shape index (κ1) is 16.7. The first-order chi connectivity index (χ1) is 13.2. The first-order valence-electron chi connectivity index (χ1n) is 8.48. The van der Waals surface area contributed by atoms with E-state index in [0.29, 0.717) is 23.0 Å². The molecule has 0 aliphatic heterocycles. The van der Waals surface area contributed by atoms with Crippen molar-refractivity contribution in [3.05, 3.63) is 101 Å². The van der Waals surface area contributed by atoms with Gasteiger partial charge in [-0.25, -0.2) is 0 Å². The number of pyridine rings is 1. The van der Waals surface area contributed by atoms with E-state index >= 15 is 0 Å². The van der Waals surface area contributed by atoms with Gasteiger partial charge in [-0.2, -0.15) is 9.78 Å². The number of nitrogens with one attached hydrogen (secondary N) is 1. The fourth-order valence-corrected chi connectivity index (χ4v) is 2.87. The molecule has 27 heavy (non-hydrogen) atoms. The van der Waals surface area contributed by atoms with Crippen LogP contribution in [-0.2, 0) is 6.54 Å². The van der Waals surface area contributed by atoms with Gasteiger partial charge in [-0.15, -0.1) is 0 Å². The smallest absolute Gasteiger partial charge is 0.279 e. The lowest BCUT2D eigenvalue weighted by Crippen LogP contribution is -2.29. The average molecular weight is 356 g/mol. The summed E-state index contributed by atoms with van der Waals surface area (Å²) in [6.07, 6.45) is 3.37. The molecule has 4 aromatic rings. The lowest BCUT2D eigenvalue weighted by Gasteiger charge is -2.11. The summed E-state index contributed by atoms with van der Waals surface area (Å²) in [7, 11) is 0. The Hall–Kier alpha value is -3.80. The summed E-state index contributed by atoms with van der Waals surface area (Å²) >= 11 is 0. The molecule has 2 aromatic carbocycles. The van der Waals surface area contributed by atoms with E-state index in [1.807, 2.05) is 30.3 Å². The molecule has 1 N–H and O–H groups in total. The fraction of sp³-hybridized carbons (Fsp3) is 0.0476. The number of amides is 1. The van der Waals surface area contributed by atoms with Crippen molar-refractivity contribution in [3.63, 3.8) is 0 Å². The normalized spacial score (nSPS) is 10.7. The Morgan fingerprint density at radius 2 is 1.67 bits per heavy atom. The van der Waals surface area contributed by atoms with Crippen LogP contribution in [0.5, 0.6) is 0 Å². The molecule has 0 unspecified atom stereocenters. The number of benzene rings is 2. The second kappa shape index (κ2) is 7.21. The number of fused-ring (bicyclic) bond motifs is 1. The highest BCUT2D eigenvalue weighted by Gasteiger charge is 2.17. The van der Waals surface area contributed by atoms with Crippen molar-refractivity contribution < 1.29 is 4.79 Å². The minimum absolute atomic E-state index is 0.206. The number of hydrogen-bond donors (Lipinski definition) is 1. The molecule has 0 bridgehead atoms. The monoisotopic (exact) mass is 356 g/mol. The number of para-hydroxylation sites is 1. The van der Waals surface area contributed by atoms with Gasteiger partial charge in [0.05, 0.1) is 11.1 Å². The lowest BCUT2D eigenvalue weighted by molar-refractivity contribution is 0.0946. The summed E-state index contributed by atoms with van der Waals surface area (Å²) in [5.74, 6) is -0.347. The van der Waals surface area contributed by atoms with Crippen molar-refractivity contribution >= 4 is 16.7 Å². The molecule has 0 saturated carbocycles. The van der Waals surface area contributed by atoms with E-state index in [9.17, 15) is 9.59 Å². The van der Waals surface area contributed by atoms with Gasteiger partial charge in [-0.1, -0.05) is 42.5 Å². The van der Waals surface area contributed by atoms with Gasteiger partial charge in [0.15, 0.2) is 5.69 Å².